The highest BCUT2D eigenvalue weighted by atomic mass is 16.7. The second-order valence-corrected chi connectivity index (χ2v) is 9.96. The molecule has 6 nitrogen and oxygen atoms in total. The van der Waals surface area contributed by atoms with Gasteiger partial charge in [-0.05, 0) is 50.1 Å². The van der Waals surface area contributed by atoms with Crippen LogP contribution in [0.5, 0.6) is 0 Å². The van der Waals surface area contributed by atoms with Crippen LogP contribution in [-0.2, 0) is 20.8 Å². The van der Waals surface area contributed by atoms with Gasteiger partial charge in [0.15, 0.2) is 6.10 Å². The number of benzene rings is 1. The Hall–Kier alpha value is -1.76. The first kappa shape index (κ1) is 24.9. The lowest BCUT2D eigenvalue weighted by atomic mass is 9.89. The topological polar surface area (TPSA) is 53.1 Å². The molecule has 1 saturated carbocycles. The van der Waals surface area contributed by atoms with Gasteiger partial charge in [0.25, 0.3) is 5.91 Å². The molecule has 1 aromatic carbocycles. The fourth-order valence-electron chi connectivity index (χ4n) is 4.94. The molecular weight excluding hydrogens is 402 g/mol. The zero-order valence-electron chi connectivity index (χ0n) is 20.1. The Morgan fingerprint density at radius 3 is 2.53 bits per heavy atom. The van der Waals surface area contributed by atoms with Gasteiger partial charge in [-0.25, -0.2) is 0 Å². The van der Waals surface area contributed by atoms with Crippen molar-refractivity contribution < 1.29 is 14.4 Å². The largest absolute Gasteiger partial charge is 0.314 e. The minimum absolute atomic E-state index is 0.0489. The van der Waals surface area contributed by atoms with Crippen molar-refractivity contribution in [1.29, 1.82) is 0 Å². The van der Waals surface area contributed by atoms with Crippen molar-refractivity contribution in [3.63, 3.8) is 0 Å². The molecule has 1 aliphatic heterocycles. The van der Waals surface area contributed by atoms with Crippen LogP contribution in [0.25, 0.3) is 0 Å². The van der Waals surface area contributed by atoms with Gasteiger partial charge in [0, 0.05) is 19.6 Å². The number of aldehydes is 1. The molecule has 0 spiro atoms. The first-order valence-corrected chi connectivity index (χ1v) is 12.4. The smallest absolute Gasteiger partial charge is 0.255 e. The second kappa shape index (κ2) is 12.5. The maximum atomic E-state index is 13.3. The Balaban J connectivity index is 1.72. The molecule has 0 radical (unpaired) electrons. The summed E-state index contributed by atoms with van der Waals surface area (Å²) in [5.74, 6) is 0.891. The summed E-state index contributed by atoms with van der Waals surface area (Å²) in [4.78, 5) is 35.1. The third kappa shape index (κ3) is 7.12. The van der Waals surface area contributed by atoms with Gasteiger partial charge in [-0.1, -0.05) is 63.4 Å². The van der Waals surface area contributed by atoms with E-state index in [0.717, 1.165) is 25.8 Å². The van der Waals surface area contributed by atoms with Crippen molar-refractivity contribution in [1.82, 2.24) is 14.9 Å². The molecule has 178 valence electrons. The Labute approximate surface area is 193 Å². The summed E-state index contributed by atoms with van der Waals surface area (Å²) < 4.78 is 0. The van der Waals surface area contributed by atoms with E-state index in [4.69, 9.17) is 4.84 Å². The van der Waals surface area contributed by atoms with Gasteiger partial charge in [-0.15, -0.1) is 0 Å². The number of nitrogens with zero attached hydrogens (tertiary/aromatic N) is 3. The quantitative estimate of drug-likeness (QED) is 0.488. The van der Waals surface area contributed by atoms with Gasteiger partial charge in [-0.2, -0.15) is 5.06 Å². The third-order valence-electron chi connectivity index (χ3n) is 6.73. The van der Waals surface area contributed by atoms with E-state index in [0.29, 0.717) is 24.8 Å². The van der Waals surface area contributed by atoms with E-state index in [2.05, 4.69) is 50.1 Å². The summed E-state index contributed by atoms with van der Waals surface area (Å²) in [5, 5.41) is 2.05. The Morgan fingerprint density at radius 2 is 1.88 bits per heavy atom. The van der Waals surface area contributed by atoms with Gasteiger partial charge < -0.3 is 14.6 Å². The number of hydrogen-bond donors (Lipinski definition) is 0. The Kier molecular flexibility index (Phi) is 9.69. The maximum absolute atomic E-state index is 13.3. The van der Waals surface area contributed by atoms with Crippen molar-refractivity contribution in [2.75, 3.05) is 33.2 Å². The molecule has 6 heteroatoms. The molecule has 0 N–H and O–H groups in total. The van der Waals surface area contributed by atoms with Crippen molar-refractivity contribution >= 4 is 12.2 Å². The molecule has 2 aliphatic rings. The number of hydrogen-bond acceptors (Lipinski definition) is 5. The van der Waals surface area contributed by atoms with Gasteiger partial charge in [0.2, 0.25) is 0 Å². The third-order valence-corrected chi connectivity index (χ3v) is 6.73. The molecule has 0 aromatic heterocycles. The van der Waals surface area contributed by atoms with Gasteiger partial charge in [0.05, 0.1) is 6.54 Å². The SMILES string of the molecule is CC(C)CC1ON(CC2CCCCC2)C(CN(C)CCc2ccccc2)N(CC=O)C1=O. The van der Waals surface area contributed by atoms with E-state index in [1.54, 1.807) is 4.90 Å². The van der Waals surface area contributed by atoms with E-state index in [9.17, 15) is 9.59 Å². The highest BCUT2D eigenvalue weighted by molar-refractivity contribution is 5.83. The molecule has 32 heavy (non-hydrogen) atoms. The second-order valence-electron chi connectivity index (χ2n) is 9.96. The predicted molar refractivity (Wildman–Crippen MR) is 127 cm³/mol. The lowest BCUT2D eigenvalue weighted by Crippen LogP contribution is -2.65. The highest BCUT2D eigenvalue weighted by Crippen LogP contribution is 2.29. The summed E-state index contributed by atoms with van der Waals surface area (Å²) in [5.41, 5.74) is 1.30. The molecule has 2 atom stereocenters. The van der Waals surface area contributed by atoms with Crippen LogP contribution in [0.3, 0.4) is 0 Å². The summed E-state index contributed by atoms with van der Waals surface area (Å²) in [6.07, 6.45) is 8.03. The molecule has 2 fully saturated rings. The first-order valence-electron chi connectivity index (χ1n) is 12.4. The van der Waals surface area contributed by atoms with Crippen molar-refractivity contribution in [2.24, 2.45) is 11.8 Å². The molecule has 1 amide bonds. The summed E-state index contributed by atoms with van der Waals surface area (Å²) in [6.45, 7) is 6.71. The average Bonchev–Trinajstić information content (AvgIpc) is 2.79. The Morgan fingerprint density at radius 1 is 1.16 bits per heavy atom. The van der Waals surface area contributed by atoms with Crippen LogP contribution < -0.4 is 0 Å². The van der Waals surface area contributed by atoms with Crippen LogP contribution in [0, 0.1) is 11.8 Å². The average molecular weight is 444 g/mol. The standard InChI is InChI=1S/C26H41N3O3/c1-21(2)18-24-26(31)28(16-17-30)25(29(32-24)19-23-12-8-5-9-13-23)20-27(3)15-14-22-10-6-4-7-11-22/h4,6-7,10-11,17,21,23-25H,5,8-9,12-16,18-20H2,1-3H3. The molecule has 1 heterocycles. The summed E-state index contributed by atoms with van der Waals surface area (Å²) in [6, 6.07) is 10.5. The summed E-state index contributed by atoms with van der Waals surface area (Å²) in [7, 11) is 2.09. The predicted octanol–water partition coefficient (Wildman–Crippen LogP) is 3.76. The molecular formula is C26H41N3O3. The van der Waals surface area contributed by atoms with Crippen LogP contribution in [0.15, 0.2) is 30.3 Å². The number of carbonyl (C=O) groups is 2. The molecule has 3 rings (SSSR count). The lowest BCUT2D eigenvalue weighted by molar-refractivity contribution is -0.282. The first-order chi connectivity index (χ1) is 15.5. The molecule has 1 aliphatic carbocycles. The van der Waals surface area contributed by atoms with E-state index < -0.39 is 6.10 Å². The van der Waals surface area contributed by atoms with Crippen LogP contribution in [-0.4, -0.2) is 72.6 Å². The number of amides is 1. The zero-order valence-corrected chi connectivity index (χ0v) is 20.1. The van der Waals surface area contributed by atoms with Crippen molar-refractivity contribution in [2.45, 2.75) is 71.1 Å². The van der Waals surface area contributed by atoms with Crippen LogP contribution in [0.4, 0.5) is 0 Å². The monoisotopic (exact) mass is 443 g/mol. The van der Waals surface area contributed by atoms with Gasteiger partial charge in [-0.3, -0.25) is 9.63 Å². The Bertz CT molecular complexity index is 706. The number of likely N-dealkylation sites (N-methyl/N-ethyl adjacent to an activating group) is 1. The van der Waals surface area contributed by atoms with Crippen LogP contribution in [0.1, 0.15) is 57.9 Å². The normalized spacial score (nSPS) is 23.3. The van der Waals surface area contributed by atoms with E-state index in [1.807, 2.05) is 11.1 Å². The number of hydroxylamine groups is 2. The van der Waals surface area contributed by atoms with Gasteiger partial charge >= 0.3 is 0 Å². The van der Waals surface area contributed by atoms with Crippen molar-refractivity contribution in [3.8, 4) is 0 Å². The molecule has 1 saturated heterocycles. The van der Waals surface area contributed by atoms with E-state index in [1.165, 1.54) is 37.7 Å². The minimum Gasteiger partial charge on any atom is -0.314 e. The molecule has 2 unspecified atom stereocenters. The van der Waals surface area contributed by atoms with Gasteiger partial charge in [0.1, 0.15) is 12.5 Å². The van der Waals surface area contributed by atoms with Crippen molar-refractivity contribution in [3.05, 3.63) is 35.9 Å². The lowest BCUT2D eigenvalue weighted by Gasteiger charge is -2.47. The summed E-state index contributed by atoms with van der Waals surface area (Å²) >= 11 is 0. The zero-order chi connectivity index (χ0) is 22.9. The number of rotatable bonds is 11. The fraction of sp³-hybridized carbons (Fsp3) is 0.692. The molecule has 1 aromatic rings. The van der Waals surface area contributed by atoms with E-state index >= 15 is 0 Å². The molecule has 0 bridgehead atoms. The highest BCUT2D eigenvalue weighted by Gasteiger charge is 2.42. The van der Waals surface area contributed by atoms with Crippen LogP contribution >= 0.6 is 0 Å². The van der Waals surface area contributed by atoms with E-state index in [-0.39, 0.29) is 18.6 Å². The maximum Gasteiger partial charge on any atom is 0.255 e. The van der Waals surface area contributed by atoms with Crippen LogP contribution in [0.2, 0.25) is 0 Å². The fourth-order valence-corrected chi connectivity index (χ4v) is 4.94. The number of carbonyl (C=O) groups excluding carboxylic acids is 2. The minimum atomic E-state index is -0.496.